The molecule has 148 valence electrons. The smallest absolute Gasteiger partial charge is 0.150 e. The van der Waals surface area contributed by atoms with Crippen molar-refractivity contribution in [3.63, 3.8) is 0 Å². The Morgan fingerprint density at radius 3 is 2.24 bits per heavy atom. The predicted molar refractivity (Wildman–Crippen MR) is 116 cm³/mol. The molecule has 2 bridgehead atoms. The van der Waals surface area contributed by atoms with Crippen molar-refractivity contribution in [1.29, 1.82) is 0 Å². The van der Waals surface area contributed by atoms with Crippen LogP contribution in [0.5, 0.6) is 0 Å². The van der Waals surface area contributed by atoms with Crippen LogP contribution in [-0.4, -0.2) is 41.1 Å². The van der Waals surface area contributed by atoms with Gasteiger partial charge >= 0.3 is 0 Å². The summed E-state index contributed by atoms with van der Waals surface area (Å²) in [5.41, 5.74) is 2.25. The third kappa shape index (κ3) is 3.13. The van der Waals surface area contributed by atoms with Crippen molar-refractivity contribution < 1.29 is 0 Å². The topological polar surface area (TPSA) is 45.2 Å². The lowest BCUT2D eigenvalue weighted by Gasteiger charge is -2.41. The highest BCUT2D eigenvalue weighted by Crippen LogP contribution is 2.39. The molecule has 0 unspecified atom stereocenters. The first kappa shape index (κ1) is 17.2. The fourth-order valence-corrected chi connectivity index (χ4v) is 5.41. The monoisotopic (exact) mass is 385 g/mol. The van der Waals surface area contributed by atoms with Gasteiger partial charge in [0.1, 0.15) is 5.82 Å². The fraction of sp³-hybridized carbons (Fsp3) is 0.458. The van der Waals surface area contributed by atoms with Crippen LogP contribution in [0.1, 0.15) is 37.3 Å². The van der Waals surface area contributed by atoms with E-state index in [4.69, 9.17) is 15.0 Å². The highest BCUT2D eigenvalue weighted by atomic mass is 15.3. The van der Waals surface area contributed by atoms with E-state index >= 15 is 0 Å². The van der Waals surface area contributed by atoms with E-state index in [1.807, 2.05) is 12.4 Å². The first-order chi connectivity index (χ1) is 14.3. The third-order valence-corrected chi connectivity index (χ3v) is 7.11. The zero-order chi connectivity index (χ0) is 19.2. The first-order valence-corrected chi connectivity index (χ1v) is 11.0. The van der Waals surface area contributed by atoms with Crippen molar-refractivity contribution in [2.24, 2.45) is 11.8 Å². The summed E-state index contributed by atoms with van der Waals surface area (Å²) < 4.78 is 0. The summed E-state index contributed by atoms with van der Waals surface area (Å²) in [5.74, 6) is 4.32. The van der Waals surface area contributed by atoms with Gasteiger partial charge in [-0.05, 0) is 55.7 Å². The molecule has 1 saturated carbocycles. The maximum Gasteiger partial charge on any atom is 0.150 e. The summed E-state index contributed by atoms with van der Waals surface area (Å²) in [5, 5.41) is 1.19. The highest BCUT2D eigenvalue weighted by molar-refractivity contribution is 5.80. The molecule has 3 aliphatic heterocycles. The zero-order valence-electron chi connectivity index (χ0n) is 16.7. The summed E-state index contributed by atoms with van der Waals surface area (Å²) in [4.78, 5) is 19.4. The molecule has 2 aromatic heterocycles. The number of aromatic nitrogens is 3. The van der Waals surface area contributed by atoms with E-state index in [1.54, 1.807) is 0 Å². The second-order valence-electron chi connectivity index (χ2n) is 9.02. The third-order valence-electron chi connectivity index (χ3n) is 7.11. The molecule has 5 nitrogen and oxygen atoms in total. The van der Waals surface area contributed by atoms with Crippen molar-refractivity contribution in [2.45, 2.75) is 31.6 Å². The molecule has 4 aliphatic rings. The van der Waals surface area contributed by atoms with Gasteiger partial charge in [-0.25, -0.2) is 9.97 Å². The van der Waals surface area contributed by atoms with Crippen LogP contribution in [0, 0.1) is 11.8 Å². The second-order valence-corrected chi connectivity index (χ2v) is 9.02. The van der Waals surface area contributed by atoms with Crippen molar-refractivity contribution in [2.75, 3.05) is 36.0 Å². The van der Waals surface area contributed by atoms with Crippen LogP contribution in [-0.2, 0) is 0 Å². The Labute approximate surface area is 171 Å². The lowest BCUT2D eigenvalue weighted by molar-refractivity contribution is 0.326. The van der Waals surface area contributed by atoms with E-state index < -0.39 is 0 Å². The van der Waals surface area contributed by atoms with Crippen LogP contribution in [0.2, 0.25) is 0 Å². The number of nitrogens with zero attached hydrogens (tertiary/aromatic N) is 5. The van der Waals surface area contributed by atoms with Crippen molar-refractivity contribution in [3.8, 4) is 0 Å². The van der Waals surface area contributed by atoms with Crippen LogP contribution >= 0.6 is 0 Å². The predicted octanol–water partition coefficient (Wildman–Crippen LogP) is 4.26. The van der Waals surface area contributed by atoms with Crippen LogP contribution < -0.4 is 9.80 Å². The SMILES string of the molecule is c1ccc2nc(N3CC(c4nccnc4N4C[C@H]5CC[C@@H](CC5)C4)C3)ccc2c1. The minimum atomic E-state index is 0.438. The van der Waals surface area contributed by atoms with Gasteiger partial charge in [-0.3, -0.25) is 4.98 Å². The van der Waals surface area contributed by atoms with Crippen molar-refractivity contribution >= 4 is 22.5 Å². The minimum absolute atomic E-state index is 0.438. The molecule has 0 N–H and O–H groups in total. The molecule has 5 heteroatoms. The summed E-state index contributed by atoms with van der Waals surface area (Å²) >= 11 is 0. The average Bonchev–Trinajstić information content (AvgIpc) is 3.07. The molecule has 0 radical (unpaired) electrons. The van der Waals surface area contributed by atoms with E-state index in [0.29, 0.717) is 5.92 Å². The van der Waals surface area contributed by atoms with Crippen LogP contribution in [0.3, 0.4) is 0 Å². The zero-order valence-corrected chi connectivity index (χ0v) is 16.7. The molecule has 3 saturated heterocycles. The van der Waals surface area contributed by atoms with Crippen LogP contribution in [0.25, 0.3) is 10.9 Å². The molecule has 0 spiro atoms. The Bertz CT molecular complexity index is 1010. The number of rotatable bonds is 3. The Morgan fingerprint density at radius 2 is 1.45 bits per heavy atom. The number of benzene rings is 1. The quantitative estimate of drug-likeness (QED) is 0.674. The summed E-state index contributed by atoms with van der Waals surface area (Å²) in [6, 6.07) is 12.6. The summed E-state index contributed by atoms with van der Waals surface area (Å²) in [6.07, 6.45) is 9.29. The molecule has 4 fully saturated rings. The molecular formula is C24H27N5. The van der Waals surface area contributed by atoms with E-state index in [9.17, 15) is 0 Å². The second kappa shape index (κ2) is 6.97. The Hall–Kier alpha value is -2.69. The van der Waals surface area contributed by atoms with Gasteiger partial charge < -0.3 is 9.80 Å². The maximum atomic E-state index is 4.86. The Balaban J connectivity index is 1.22. The highest BCUT2D eigenvalue weighted by Gasteiger charge is 2.36. The van der Waals surface area contributed by atoms with E-state index in [0.717, 1.165) is 55.2 Å². The van der Waals surface area contributed by atoms with Crippen molar-refractivity contribution in [3.05, 3.63) is 54.5 Å². The molecule has 1 aliphatic carbocycles. The van der Waals surface area contributed by atoms with Gasteiger partial charge in [0.05, 0.1) is 11.2 Å². The Morgan fingerprint density at radius 1 is 0.724 bits per heavy atom. The van der Waals surface area contributed by atoms with E-state index in [1.165, 1.54) is 36.8 Å². The summed E-state index contributed by atoms with van der Waals surface area (Å²) in [6.45, 7) is 4.26. The summed E-state index contributed by atoms with van der Waals surface area (Å²) in [7, 11) is 0. The molecular weight excluding hydrogens is 358 g/mol. The molecule has 7 rings (SSSR count). The van der Waals surface area contributed by atoms with Crippen LogP contribution in [0.4, 0.5) is 11.6 Å². The van der Waals surface area contributed by atoms with Gasteiger partial charge in [0, 0.05) is 49.9 Å². The lowest BCUT2D eigenvalue weighted by atomic mass is 9.84. The normalized spacial score (nSPS) is 24.6. The molecule has 5 heterocycles. The number of anilines is 2. The molecule has 1 aromatic carbocycles. The van der Waals surface area contributed by atoms with Crippen LogP contribution in [0.15, 0.2) is 48.8 Å². The number of hydrogen-bond acceptors (Lipinski definition) is 5. The molecule has 0 amide bonds. The Kier molecular flexibility index (Phi) is 4.13. The van der Waals surface area contributed by atoms with Gasteiger partial charge in [0.2, 0.25) is 0 Å². The number of fused-ring (bicyclic) bond motifs is 5. The lowest BCUT2D eigenvalue weighted by Crippen LogP contribution is -2.46. The maximum absolute atomic E-state index is 4.86. The van der Waals surface area contributed by atoms with E-state index in [2.05, 4.69) is 46.2 Å². The average molecular weight is 386 g/mol. The molecule has 29 heavy (non-hydrogen) atoms. The number of para-hydroxylation sites is 1. The number of pyridine rings is 1. The standard InChI is InChI=1S/C24H27N5/c1-2-4-21-19(3-1)9-10-22(27-21)28-15-20(16-28)23-24(26-12-11-25-23)29-13-17-5-6-18(14-29)8-7-17/h1-4,9-12,17-18,20H,5-8,13-16H2/t17-,18-. The van der Waals surface area contributed by atoms with Gasteiger partial charge in [-0.2, -0.15) is 0 Å². The van der Waals surface area contributed by atoms with Crippen molar-refractivity contribution in [1.82, 2.24) is 15.0 Å². The van der Waals surface area contributed by atoms with Gasteiger partial charge in [-0.15, -0.1) is 0 Å². The van der Waals surface area contributed by atoms with E-state index in [-0.39, 0.29) is 0 Å². The molecule has 0 atom stereocenters. The molecule has 3 aromatic rings. The number of hydrogen-bond donors (Lipinski definition) is 0. The van der Waals surface area contributed by atoms with Gasteiger partial charge in [-0.1, -0.05) is 18.2 Å². The first-order valence-electron chi connectivity index (χ1n) is 11.0. The minimum Gasteiger partial charge on any atom is -0.355 e. The largest absolute Gasteiger partial charge is 0.355 e. The van der Waals surface area contributed by atoms with Gasteiger partial charge in [0.15, 0.2) is 5.82 Å². The fourth-order valence-electron chi connectivity index (χ4n) is 5.41. The van der Waals surface area contributed by atoms with Gasteiger partial charge in [0.25, 0.3) is 0 Å².